The van der Waals surface area contributed by atoms with Gasteiger partial charge in [-0.05, 0) is 73.9 Å². The molecule has 0 unspecified atom stereocenters. The van der Waals surface area contributed by atoms with Crippen molar-refractivity contribution < 1.29 is 17.5 Å². The standard InChI is InChI=1S/C28H28FN3O3S/c1-19-7-8-21(27(29)15-19)17-32-18-30-20(2)26-16-24(11-14-28(26)32)35-23-9-12-25(13-10-23)36(33,34)31-22-5-3-4-6-22/h7-16,18,22,31H,2-6,17H2,1H3. The molecule has 1 aliphatic carbocycles. The van der Waals surface area contributed by atoms with Crippen molar-refractivity contribution in [3.8, 4) is 11.5 Å². The van der Waals surface area contributed by atoms with Gasteiger partial charge in [-0.1, -0.05) is 31.6 Å². The van der Waals surface area contributed by atoms with Crippen LogP contribution in [0.25, 0.3) is 5.70 Å². The molecule has 186 valence electrons. The van der Waals surface area contributed by atoms with Crippen LogP contribution in [0.5, 0.6) is 11.5 Å². The summed E-state index contributed by atoms with van der Waals surface area (Å²) >= 11 is 0. The zero-order chi connectivity index (χ0) is 25.3. The summed E-state index contributed by atoms with van der Waals surface area (Å²) in [4.78, 5) is 6.47. The van der Waals surface area contributed by atoms with Crippen molar-refractivity contribution in [1.29, 1.82) is 0 Å². The number of ether oxygens (including phenoxy) is 1. The van der Waals surface area contributed by atoms with Crippen LogP contribution >= 0.6 is 0 Å². The second kappa shape index (κ2) is 9.87. The SMILES string of the molecule is C=C1N=CN(Cc2ccc(C)cc2F)c2ccc(Oc3ccc(S(=O)(=O)NC4CCCC4)cc3)cc21. The number of halogens is 1. The predicted octanol–water partition coefficient (Wildman–Crippen LogP) is 6.17. The molecule has 1 N–H and O–H groups in total. The molecule has 1 heterocycles. The lowest BCUT2D eigenvalue weighted by Gasteiger charge is -2.27. The zero-order valence-corrected chi connectivity index (χ0v) is 20.9. The summed E-state index contributed by atoms with van der Waals surface area (Å²) in [5, 5.41) is 0. The highest BCUT2D eigenvalue weighted by Gasteiger charge is 2.23. The normalized spacial score (nSPS) is 15.8. The fraction of sp³-hybridized carbons (Fsp3) is 0.250. The van der Waals surface area contributed by atoms with Gasteiger partial charge in [0.05, 0.1) is 29.2 Å². The molecule has 0 spiro atoms. The lowest BCUT2D eigenvalue weighted by Crippen LogP contribution is -2.32. The topological polar surface area (TPSA) is 71.0 Å². The highest BCUT2D eigenvalue weighted by Crippen LogP contribution is 2.36. The van der Waals surface area contributed by atoms with Crippen LogP contribution in [-0.4, -0.2) is 20.8 Å². The van der Waals surface area contributed by atoms with E-state index in [1.807, 2.05) is 36.1 Å². The van der Waals surface area contributed by atoms with Gasteiger partial charge in [-0.15, -0.1) is 0 Å². The van der Waals surface area contributed by atoms with Crippen LogP contribution < -0.4 is 14.4 Å². The van der Waals surface area contributed by atoms with Crippen LogP contribution in [0.4, 0.5) is 10.1 Å². The Morgan fingerprint density at radius 2 is 1.78 bits per heavy atom. The van der Waals surface area contributed by atoms with E-state index in [1.165, 1.54) is 6.07 Å². The zero-order valence-electron chi connectivity index (χ0n) is 20.1. The van der Waals surface area contributed by atoms with Gasteiger partial charge in [0.1, 0.15) is 17.3 Å². The number of anilines is 1. The van der Waals surface area contributed by atoms with Crippen LogP contribution in [0.1, 0.15) is 42.4 Å². The molecule has 2 aliphatic rings. The van der Waals surface area contributed by atoms with E-state index in [0.29, 0.717) is 29.3 Å². The van der Waals surface area contributed by atoms with Gasteiger partial charge >= 0.3 is 0 Å². The number of fused-ring (bicyclic) bond motifs is 1. The molecule has 0 radical (unpaired) electrons. The Labute approximate surface area is 211 Å². The van der Waals surface area contributed by atoms with Crippen LogP contribution in [0.3, 0.4) is 0 Å². The smallest absolute Gasteiger partial charge is 0.240 e. The number of hydrogen-bond donors (Lipinski definition) is 1. The Kier molecular flexibility index (Phi) is 6.64. The van der Waals surface area contributed by atoms with Crippen LogP contribution in [0.15, 0.2) is 77.1 Å². The molecule has 3 aromatic rings. The van der Waals surface area contributed by atoms with Gasteiger partial charge in [0, 0.05) is 17.2 Å². The lowest BCUT2D eigenvalue weighted by atomic mass is 10.1. The molecular formula is C28H28FN3O3S. The molecule has 1 aliphatic heterocycles. The first kappa shape index (κ1) is 24.2. The van der Waals surface area contributed by atoms with Crippen LogP contribution in [-0.2, 0) is 16.6 Å². The van der Waals surface area contributed by atoms with Crippen molar-refractivity contribution in [3.05, 3.63) is 89.8 Å². The summed E-state index contributed by atoms with van der Waals surface area (Å²) in [5.74, 6) is 0.824. The molecule has 3 aromatic carbocycles. The van der Waals surface area contributed by atoms with Crippen LogP contribution in [0.2, 0.25) is 0 Å². The fourth-order valence-electron chi connectivity index (χ4n) is 4.58. The molecule has 0 bridgehead atoms. The molecule has 0 amide bonds. The number of benzene rings is 3. The summed E-state index contributed by atoms with van der Waals surface area (Å²) in [6.07, 6.45) is 5.53. The summed E-state index contributed by atoms with van der Waals surface area (Å²) in [5.41, 5.74) is 3.65. The number of sulfonamides is 1. The second-order valence-electron chi connectivity index (χ2n) is 9.27. The maximum atomic E-state index is 14.4. The van der Waals surface area contributed by atoms with E-state index < -0.39 is 10.0 Å². The monoisotopic (exact) mass is 505 g/mol. The first-order chi connectivity index (χ1) is 17.3. The van der Waals surface area contributed by atoms with Crippen molar-refractivity contribution in [1.82, 2.24) is 4.72 Å². The molecular weight excluding hydrogens is 477 g/mol. The minimum Gasteiger partial charge on any atom is -0.457 e. The summed E-state index contributed by atoms with van der Waals surface area (Å²) in [7, 11) is -3.56. The molecule has 36 heavy (non-hydrogen) atoms. The average molecular weight is 506 g/mol. The third kappa shape index (κ3) is 5.20. The molecule has 0 saturated heterocycles. The number of aliphatic imine (C=N–C) groups is 1. The Bertz CT molecular complexity index is 1430. The van der Waals surface area contributed by atoms with Crippen molar-refractivity contribution >= 4 is 27.7 Å². The lowest BCUT2D eigenvalue weighted by molar-refractivity contribution is 0.482. The van der Waals surface area contributed by atoms with Gasteiger partial charge in [-0.25, -0.2) is 22.5 Å². The number of hydrogen-bond acceptors (Lipinski definition) is 5. The molecule has 0 atom stereocenters. The number of rotatable bonds is 7. The van der Waals surface area contributed by atoms with E-state index in [0.717, 1.165) is 42.5 Å². The Hall–Kier alpha value is -3.49. The maximum absolute atomic E-state index is 14.4. The first-order valence-electron chi connectivity index (χ1n) is 12.0. The van der Waals surface area contributed by atoms with E-state index in [4.69, 9.17) is 4.74 Å². The minimum atomic E-state index is -3.56. The fourth-order valence-corrected chi connectivity index (χ4v) is 5.88. The Balaban J connectivity index is 1.31. The van der Waals surface area contributed by atoms with Gasteiger partial charge in [0.2, 0.25) is 10.0 Å². The average Bonchev–Trinajstić information content (AvgIpc) is 3.35. The summed E-state index contributed by atoms with van der Waals surface area (Å²) in [6, 6.07) is 17.1. The van der Waals surface area contributed by atoms with Gasteiger partial charge in [0.15, 0.2) is 0 Å². The minimum absolute atomic E-state index is 0.0132. The van der Waals surface area contributed by atoms with E-state index in [2.05, 4.69) is 16.3 Å². The second-order valence-corrected chi connectivity index (χ2v) is 11.0. The van der Waals surface area contributed by atoms with Gasteiger partial charge in [-0.3, -0.25) is 0 Å². The number of nitrogens with zero attached hydrogens (tertiary/aromatic N) is 2. The summed E-state index contributed by atoms with van der Waals surface area (Å²) in [6.45, 7) is 6.22. The molecule has 1 saturated carbocycles. The van der Waals surface area contributed by atoms with Gasteiger partial charge < -0.3 is 9.64 Å². The molecule has 0 aromatic heterocycles. The molecule has 1 fully saturated rings. The highest BCUT2D eigenvalue weighted by molar-refractivity contribution is 7.89. The van der Waals surface area contributed by atoms with Crippen LogP contribution in [0, 0.1) is 12.7 Å². The largest absolute Gasteiger partial charge is 0.457 e. The molecule has 8 heteroatoms. The van der Waals surface area contributed by atoms with Crippen molar-refractivity contribution in [2.45, 2.75) is 50.1 Å². The number of aryl methyl sites for hydroxylation is 1. The molecule has 6 nitrogen and oxygen atoms in total. The first-order valence-corrected chi connectivity index (χ1v) is 13.5. The third-order valence-corrected chi connectivity index (χ3v) is 8.07. The van der Waals surface area contributed by atoms with E-state index >= 15 is 0 Å². The highest BCUT2D eigenvalue weighted by atomic mass is 32.2. The van der Waals surface area contributed by atoms with Gasteiger partial charge in [-0.2, -0.15) is 0 Å². The van der Waals surface area contributed by atoms with Gasteiger partial charge in [0.25, 0.3) is 0 Å². The quantitative estimate of drug-likeness (QED) is 0.417. The maximum Gasteiger partial charge on any atom is 0.240 e. The van der Waals surface area contributed by atoms with Crippen molar-refractivity contribution in [2.24, 2.45) is 4.99 Å². The Morgan fingerprint density at radius 3 is 2.50 bits per heavy atom. The number of nitrogens with one attached hydrogen (secondary N) is 1. The van der Waals surface area contributed by atoms with Crippen molar-refractivity contribution in [2.75, 3.05) is 4.90 Å². The summed E-state index contributed by atoms with van der Waals surface area (Å²) < 4.78 is 48.5. The van der Waals surface area contributed by atoms with E-state index in [-0.39, 0.29) is 16.8 Å². The molecule has 5 rings (SSSR count). The van der Waals surface area contributed by atoms with E-state index in [9.17, 15) is 12.8 Å². The van der Waals surface area contributed by atoms with E-state index in [1.54, 1.807) is 36.7 Å². The third-order valence-electron chi connectivity index (χ3n) is 6.54. The predicted molar refractivity (Wildman–Crippen MR) is 140 cm³/mol. The van der Waals surface area contributed by atoms with Crippen molar-refractivity contribution in [3.63, 3.8) is 0 Å². The Morgan fingerprint density at radius 1 is 1.06 bits per heavy atom.